The van der Waals surface area contributed by atoms with Gasteiger partial charge < -0.3 is 20.3 Å². The van der Waals surface area contributed by atoms with Gasteiger partial charge in [-0.2, -0.15) is 0 Å². The van der Waals surface area contributed by atoms with Gasteiger partial charge in [0.05, 0.1) is 18.2 Å². The highest BCUT2D eigenvalue weighted by atomic mass is 32.1. The van der Waals surface area contributed by atoms with Crippen LogP contribution in [0.2, 0.25) is 0 Å². The number of nitrogens with one attached hydrogen (secondary N) is 2. The molecule has 0 unspecified atom stereocenters. The summed E-state index contributed by atoms with van der Waals surface area (Å²) in [6.45, 7) is 6.64. The van der Waals surface area contributed by atoms with E-state index in [0.717, 1.165) is 29.8 Å². The molecule has 1 aliphatic carbocycles. The Labute approximate surface area is 164 Å². The summed E-state index contributed by atoms with van der Waals surface area (Å²) in [6.07, 6.45) is 1.93. The first-order valence-electron chi connectivity index (χ1n) is 9.33. The second-order valence-corrected chi connectivity index (χ2v) is 7.12. The van der Waals surface area contributed by atoms with Crippen molar-refractivity contribution >= 4 is 34.9 Å². The van der Waals surface area contributed by atoms with E-state index in [1.807, 2.05) is 43.0 Å². The molecule has 0 radical (unpaired) electrons. The maximum atomic E-state index is 12.6. The summed E-state index contributed by atoms with van der Waals surface area (Å²) in [5.41, 5.74) is 3.00. The number of esters is 1. The topological polar surface area (TPSA) is 70.7 Å². The Kier molecular flexibility index (Phi) is 5.79. The second kappa shape index (κ2) is 8.08. The molecule has 3 rings (SSSR count). The number of nitrogens with zero attached hydrogens (tertiary/aromatic N) is 1. The van der Waals surface area contributed by atoms with Gasteiger partial charge in [-0.15, -0.1) is 0 Å². The third-order valence-electron chi connectivity index (χ3n) is 4.87. The van der Waals surface area contributed by atoms with Crippen LogP contribution in [0, 0.1) is 5.92 Å². The molecule has 27 heavy (non-hydrogen) atoms. The number of allylic oxidation sites excluding steroid dienone is 1. The first-order valence-corrected chi connectivity index (χ1v) is 9.73. The number of carbonyl (C=O) groups is 2. The van der Waals surface area contributed by atoms with Crippen LogP contribution in [0.5, 0.6) is 0 Å². The number of carbonyl (C=O) groups excluding carboxylic acids is 2. The predicted octanol–water partition coefficient (Wildman–Crippen LogP) is 3.12. The molecule has 2 N–H and O–H groups in total. The standard InChI is InChI=1S/C20H25N3O3S/c1-4-23-12(3)16(19(25)26-5-2)17(22-20(23)27)13-8-10-15(11-9-13)21-18(24)14-6-7-14/h8-11,14,17H,4-7H2,1-3H3,(H,21,24)(H,22,27)/t17-/m0/s1. The van der Waals surface area contributed by atoms with E-state index in [0.29, 0.717) is 23.8 Å². The summed E-state index contributed by atoms with van der Waals surface area (Å²) in [4.78, 5) is 26.4. The van der Waals surface area contributed by atoms with Crippen LogP contribution in [0.1, 0.15) is 45.2 Å². The summed E-state index contributed by atoms with van der Waals surface area (Å²) < 4.78 is 5.28. The zero-order chi connectivity index (χ0) is 19.6. The molecular weight excluding hydrogens is 362 g/mol. The van der Waals surface area contributed by atoms with Gasteiger partial charge in [-0.3, -0.25) is 4.79 Å². The predicted molar refractivity (Wildman–Crippen MR) is 108 cm³/mol. The zero-order valence-corrected chi connectivity index (χ0v) is 16.7. The molecule has 1 aliphatic heterocycles. The van der Waals surface area contributed by atoms with E-state index in [4.69, 9.17) is 17.0 Å². The fraction of sp³-hybridized carbons (Fsp3) is 0.450. The zero-order valence-electron chi connectivity index (χ0n) is 15.9. The monoisotopic (exact) mass is 387 g/mol. The molecule has 6 nitrogen and oxygen atoms in total. The van der Waals surface area contributed by atoms with Crippen molar-refractivity contribution in [2.45, 2.75) is 39.7 Å². The third kappa shape index (κ3) is 4.13. The van der Waals surface area contributed by atoms with Crippen molar-refractivity contribution in [1.29, 1.82) is 0 Å². The van der Waals surface area contributed by atoms with Crippen LogP contribution in [0.4, 0.5) is 5.69 Å². The Morgan fingerprint density at radius 2 is 1.93 bits per heavy atom. The van der Waals surface area contributed by atoms with Gasteiger partial charge in [-0.25, -0.2) is 4.79 Å². The van der Waals surface area contributed by atoms with Crippen LogP contribution in [-0.4, -0.2) is 35.0 Å². The Hall–Kier alpha value is -2.41. The number of hydrogen-bond donors (Lipinski definition) is 2. The average Bonchev–Trinajstić information content (AvgIpc) is 3.47. The van der Waals surface area contributed by atoms with E-state index in [1.54, 1.807) is 6.92 Å². The smallest absolute Gasteiger partial charge is 0.338 e. The molecule has 1 aromatic rings. The van der Waals surface area contributed by atoms with Crippen LogP contribution in [-0.2, 0) is 14.3 Å². The van der Waals surface area contributed by atoms with Crippen molar-refractivity contribution in [3.63, 3.8) is 0 Å². The normalized spacial score (nSPS) is 19.6. The lowest BCUT2D eigenvalue weighted by Crippen LogP contribution is -2.47. The number of hydrogen-bond acceptors (Lipinski definition) is 4. The van der Waals surface area contributed by atoms with Crippen molar-refractivity contribution in [3.8, 4) is 0 Å². The first-order chi connectivity index (χ1) is 13.0. The number of ether oxygens (including phenoxy) is 1. The van der Waals surface area contributed by atoms with Crippen molar-refractivity contribution < 1.29 is 14.3 Å². The van der Waals surface area contributed by atoms with Gasteiger partial charge in [0.1, 0.15) is 0 Å². The summed E-state index contributed by atoms with van der Waals surface area (Å²) in [5, 5.41) is 6.76. The molecule has 1 atom stereocenters. The highest BCUT2D eigenvalue weighted by Gasteiger charge is 2.34. The molecule has 1 heterocycles. The summed E-state index contributed by atoms with van der Waals surface area (Å²) in [6, 6.07) is 7.12. The Morgan fingerprint density at radius 1 is 1.26 bits per heavy atom. The average molecular weight is 388 g/mol. The van der Waals surface area contributed by atoms with Gasteiger partial charge in [-0.1, -0.05) is 12.1 Å². The quantitative estimate of drug-likeness (QED) is 0.577. The summed E-state index contributed by atoms with van der Waals surface area (Å²) in [7, 11) is 0. The van der Waals surface area contributed by atoms with E-state index in [9.17, 15) is 9.59 Å². The van der Waals surface area contributed by atoms with Crippen LogP contribution in [0.3, 0.4) is 0 Å². The van der Waals surface area contributed by atoms with Crippen molar-refractivity contribution in [2.24, 2.45) is 5.92 Å². The van der Waals surface area contributed by atoms with E-state index < -0.39 is 0 Å². The van der Waals surface area contributed by atoms with Gasteiger partial charge in [0.25, 0.3) is 0 Å². The second-order valence-electron chi connectivity index (χ2n) is 6.73. The van der Waals surface area contributed by atoms with E-state index in [1.165, 1.54) is 0 Å². The molecule has 1 saturated carbocycles. The van der Waals surface area contributed by atoms with Crippen molar-refractivity contribution in [2.75, 3.05) is 18.5 Å². The maximum absolute atomic E-state index is 12.6. The number of rotatable bonds is 6. The van der Waals surface area contributed by atoms with Gasteiger partial charge >= 0.3 is 5.97 Å². The first kappa shape index (κ1) is 19.4. The summed E-state index contributed by atoms with van der Waals surface area (Å²) >= 11 is 5.47. The minimum absolute atomic E-state index is 0.0706. The Bertz CT molecular complexity index is 784. The van der Waals surface area contributed by atoms with Crippen molar-refractivity contribution in [1.82, 2.24) is 10.2 Å². The Balaban J connectivity index is 1.88. The highest BCUT2D eigenvalue weighted by Crippen LogP contribution is 2.33. The highest BCUT2D eigenvalue weighted by molar-refractivity contribution is 7.80. The molecular formula is C20H25N3O3S. The molecule has 0 spiro atoms. The molecule has 1 amide bonds. The lowest BCUT2D eigenvalue weighted by Gasteiger charge is -2.37. The number of amides is 1. The van der Waals surface area contributed by atoms with Gasteiger partial charge in [0.2, 0.25) is 5.91 Å². The summed E-state index contributed by atoms with van der Waals surface area (Å²) in [5.74, 6) is -0.121. The molecule has 144 valence electrons. The largest absolute Gasteiger partial charge is 0.463 e. The third-order valence-corrected chi connectivity index (χ3v) is 5.21. The fourth-order valence-electron chi connectivity index (χ4n) is 3.23. The molecule has 0 saturated heterocycles. The van der Waals surface area contributed by atoms with E-state index in [2.05, 4.69) is 10.6 Å². The molecule has 7 heteroatoms. The molecule has 0 bridgehead atoms. The lowest BCUT2D eigenvalue weighted by molar-refractivity contribution is -0.139. The van der Waals surface area contributed by atoms with E-state index in [-0.39, 0.29) is 23.8 Å². The number of thiocarbonyl (C=S) groups is 1. The lowest BCUT2D eigenvalue weighted by atomic mass is 9.95. The van der Waals surface area contributed by atoms with Gasteiger partial charge in [-0.05, 0) is 63.5 Å². The van der Waals surface area contributed by atoms with Crippen LogP contribution in [0.25, 0.3) is 0 Å². The van der Waals surface area contributed by atoms with Crippen LogP contribution < -0.4 is 10.6 Å². The molecule has 1 fully saturated rings. The van der Waals surface area contributed by atoms with Gasteiger partial charge in [0.15, 0.2) is 5.11 Å². The minimum atomic E-state index is -0.382. The van der Waals surface area contributed by atoms with Crippen molar-refractivity contribution in [3.05, 3.63) is 41.1 Å². The SMILES string of the molecule is CCOC(=O)C1=C(C)N(CC)C(=S)N[C@H]1c1ccc(NC(=O)C2CC2)cc1. The van der Waals surface area contributed by atoms with Crippen LogP contribution >= 0.6 is 12.2 Å². The number of benzene rings is 1. The fourth-order valence-corrected chi connectivity index (χ4v) is 3.62. The maximum Gasteiger partial charge on any atom is 0.338 e. The van der Waals surface area contributed by atoms with Crippen LogP contribution in [0.15, 0.2) is 35.5 Å². The molecule has 1 aromatic carbocycles. The molecule has 2 aliphatic rings. The van der Waals surface area contributed by atoms with E-state index >= 15 is 0 Å². The minimum Gasteiger partial charge on any atom is -0.463 e. The van der Waals surface area contributed by atoms with Gasteiger partial charge in [0, 0.05) is 23.8 Å². The number of anilines is 1. The molecule has 0 aromatic heterocycles. The Morgan fingerprint density at radius 3 is 2.48 bits per heavy atom.